The predicted molar refractivity (Wildman–Crippen MR) is 92.7 cm³/mol. The minimum Gasteiger partial charge on any atom is -0.511 e. The third kappa shape index (κ3) is 3.35. The van der Waals surface area contributed by atoms with E-state index in [0.717, 1.165) is 5.56 Å². The summed E-state index contributed by atoms with van der Waals surface area (Å²) in [4.78, 5) is 16.4. The zero-order chi connectivity index (χ0) is 16.2. The number of carbonyl (C=O) groups is 1. The molecule has 1 atom stereocenters. The summed E-state index contributed by atoms with van der Waals surface area (Å²) in [6, 6.07) is 16.8. The average Bonchev–Trinajstić information content (AvgIpc) is 2.57. The SMILES string of the molecule is O=C1CC[C@H](c2ccccc2)C(O)=C1C=Nc1ccccc1Cl. The Morgan fingerprint density at radius 3 is 2.52 bits per heavy atom. The first kappa shape index (κ1) is 15.5. The molecule has 3 rings (SSSR count). The number of rotatable bonds is 3. The van der Waals surface area contributed by atoms with E-state index in [4.69, 9.17) is 11.6 Å². The first-order chi connectivity index (χ1) is 11.2. The van der Waals surface area contributed by atoms with Gasteiger partial charge < -0.3 is 5.11 Å². The van der Waals surface area contributed by atoms with Crippen molar-refractivity contribution in [1.29, 1.82) is 0 Å². The molecule has 23 heavy (non-hydrogen) atoms. The number of aliphatic hydroxyl groups is 1. The van der Waals surface area contributed by atoms with Crippen LogP contribution in [-0.2, 0) is 4.79 Å². The van der Waals surface area contributed by atoms with Crippen molar-refractivity contribution >= 4 is 29.3 Å². The maximum Gasteiger partial charge on any atom is 0.167 e. The molecule has 0 fully saturated rings. The summed E-state index contributed by atoms with van der Waals surface area (Å²) in [7, 11) is 0. The second kappa shape index (κ2) is 6.80. The van der Waals surface area contributed by atoms with Gasteiger partial charge in [0, 0.05) is 18.6 Å². The van der Waals surface area contributed by atoms with Crippen molar-refractivity contribution in [1.82, 2.24) is 0 Å². The number of ketones is 1. The highest BCUT2D eigenvalue weighted by atomic mass is 35.5. The van der Waals surface area contributed by atoms with Gasteiger partial charge in [-0.2, -0.15) is 0 Å². The van der Waals surface area contributed by atoms with Crippen molar-refractivity contribution in [3.05, 3.63) is 76.5 Å². The molecule has 0 aromatic heterocycles. The second-order valence-corrected chi connectivity index (χ2v) is 5.84. The monoisotopic (exact) mass is 325 g/mol. The molecule has 1 aliphatic carbocycles. The molecular weight excluding hydrogens is 310 g/mol. The van der Waals surface area contributed by atoms with E-state index in [0.29, 0.717) is 23.6 Å². The molecule has 0 heterocycles. The Morgan fingerprint density at radius 1 is 1.09 bits per heavy atom. The molecule has 4 heteroatoms. The van der Waals surface area contributed by atoms with Gasteiger partial charge in [-0.25, -0.2) is 0 Å². The molecule has 0 spiro atoms. The number of Topliss-reactive ketones (excluding diaryl/α,β-unsaturated/α-hetero) is 1. The number of allylic oxidation sites excluding steroid dienone is 2. The Balaban J connectivity index is 1.95. The lowest BCUT2D eigenvalue weighted by Gasteiger charge is -2.22. The van der Waals surface area contributed by atoms with Crippen molar-refractivity contribution in [2.45, 2.75) is 18.8 Å². The number of aliphatic hydroxyl groups excluding tert-OH is 1. The number of carbonyl (C=O) groups excluding carboxylic acids is 1. The molecule has 0 radical (unpaired) electrons. The maximum atomic E-state index is 12.1. The van der Waals surface area contributed by atoms with Crippen LogP contribution in [0.1, 0.15) is 24.3 Å². The van der Waals surface area contributed by atoms with E-state index < -0.39 is 0 Å². The summed E-state index contributed by atoms with van der Waals surface area (Å²) >= 11 is 6.06. The summed E-state index contributed by atoms with van der Waals surface area (Å²) in [5.74, 6) is -0.171. The summed E-state index contributed by atoms with van der Waals surface area (Å²) < 4.78 is 0. The van der Waals surface area contributed by atoms with Crippen LogP contribution in [0.25, 0.3) is 0 Å². The predicted octanol–water partition coefficient (Wildman–Crippen LogP) is 5.00. The van der Waals surface area contributed by atoms with Crippen molar-refractivity contribution in [3.8, 4) is 0 Å². The van der Waals surface area contributed by atoms with Gasteiger partial charge in [-0.3, -0.25) is 9.79 Å². The number of para-hydroxylation sites is 1. The molecule has 0 saturated carbocycles. The topological polar surface area (TPSA) is 49.7 Å². The Morgan fingerprint density at radius 2 is 1.78 bits per heavy atom. The minimum atomic E-state index is -0.165. The van der Waals surface area contributed by atoms with Crippen LogP contribution in [0, 0.1) is 0 Å². The highest BCUT2D eigenvalue weighted by molar-refractivity contribution is 6.33. The van der Waals surface area contributed by atoms with Gasteiger partial charge in [0.25, 0.3) is 0 Å². The Bertz CT molecular complexity index is 781. The summed E-state index contributed by atoms with van der Waals surface area (Å²) in [6.07, 6.45) is 2.43. The smallest absolute Gasteiger partial charge is 0.167 e. The van der Waals surface area contributed by atoms with Gasteiger partial charge in [-0.05, 0) is 24.1 Å². The summed E-state index contributed by atoms with van der Waals surface area (Å²) in [5.41, 5.74) is 1.84. The van der Waals surface area contributed by atoms with Crippen LogP contribution in [0.5, 0.6) is 0 Å². The minimum absolute atomic E-state index is 0.0863. The maximum absolute atomic E-state index is 12.1. The number of hydrogen-bond acceptors (Lipinski definition) is 3. The van der Waals surface area contributed by atoms with Crippen molar-refractivity contribution in [2.75, 3.05) is 0 Å². The van der Waals surface area contributed by atoms with Crippen molar-refractivity contribution in [3.63, 3.8) is 0 Å². The lowest BCUT2D eigenvalue weighted by Crippen LogP contribution is -2.19. The Hall–Kier alpha value is -2.39. The van der Waals surface area contributed by atoms with Gasteiger partial charge in [-0.1, -0.05) is 54.1 Å². The third-order valence-electron chi connectivity index (χ3n) is 3.95. The lowest BCUT2D eigenvalue weighted by molar-refractivity contribution is -0.115. The standard InChI is InChI=1S/C19H16ClNO2/c20-16-8-4-5-9-17(16)21-12-15-18(22)11-10-14(19(15)23)13-6-2-1-3-7-13/h1-9,12,14,23H,10-11H2/t14-/m1/s1. The molecule has 2 aromatic rings. The number of benzene rings is 2. The average molecular weight is 326 g/mol. The van der Waals surface area contributed by atoms with Gasteiger partial charge in [0.15, 0.2) is 5.78 Å². The Labute approximate surface area is 140 Å². The molecule has 1 aliphatic rings. The fourth-order valence-corrected chi connectivity index (χ4v) is 2.90. The highest BCUT2D eigenvalue weighted by Crippen LogP contribution is 2.34. The molecule has 0 bridgehead atoms. The number of aliphatic imine (C=N–C) groups is 1. The molecule has 0 amide bonds. The van der Waals surface area contributed by atoms with Crippen LogP contribution < -0.4 is 0 Å². The van der Waals surface area contributed by atoms with E-state index in [1.165, 1.54) is 6.21 Å². The van der Waals surface area contributed by atoms with Crippen LogP contribution >= 0.6 is 11.6 Å². The first-order valence-electron chi connectivity index (χ1n) is 7.46. The summed E-state index contributed by atoms with van der Waals surface area (Å²) in [6.45, 7) is 0. The lowest BCUT2D eigenvalue weighted by atomic mass is 9.83. The van der Waals surface area contributed by atoms with E-state index in [1.807, 2.05) is 42.5 Å². The van der Waals surface area contributed by atoms with Crippen molar-refractivity contribution in [2.24, 2.45) is 4.99 Å². The Kier molecular flexibility index (Phi) is 4.58. The second-order valence-electron chi connectivity index (χ2n) is 5.43. The van der Waals surface area contributed by atoms with Gasteiger partial charge >= 0.3 is 0 Å². The van der Waals surface area contributed by atoms with Crippen LogP contribution in [0.15, 0.2) is 70.9 Å². The molecular formula is C19H16ClNO2. The zero-order valence-corrected chi connectivity index (χ0v) is 13.2. The third-order valence-corrected chi connectivity index (χ3v) is 4.27. The summed E-state index contributed by atoms with van der Waals surface area (Å²) in [5, 5.41) is 11.0. The normalized spacial score (nSPS) is 18.7. The highest BCUT2D eigenvalue weighted by Gasteiger charge is 2.28. The number of nitrogens with zero attached hydrogens (tertiary/aromatic N) is 1. The largest absolute Gasteiger partial charge is 0.511 e. The van der Waals surface area contributed by atoms with Crippen LogP contribution in [0.4, 0.5) is 5.69 Å². The van der Waals surface area contributed by atoms with Gasteiger partial charge in [-0.15, -0.1) is 0 Å². The molecule has 2 aromatic carbocycles. The number of hydrogen-bond donors (Lipinski definition) is 1. The van der Waals surface area contributed by atoms with Crippen molar-refractivity contribution < 1.29 is 9.90 Å². The van der Waals surface area contributed by atoms with Crippen LogP contribution in [-0.4, -0.2) is 17.1 Å². The fraction of sp³-hybridized carbons (Fsp3) is 0.158. The zero-order valence-electron chi connectivity index (χ0n) is 12.4. The van der Waals surface area contributed by atoms with E-state index >= 15 is 0 Å². The van der Waals surface area contributed by atoms with E-state index in [-0.39, 0.29) is 23.0 Å². The van der Waals surface area contributed by atoms with E-state index in [2.05, 4.69) is 4.99 Å². The molecule has 0 aliphatic heterocycles. The van der Waals surface area contributed by atoms with Crippen LogP contribution in [0.2, 0.25) is 5.02 Å². The quantitative estimate of drug-likeness (QED) is 0.807. The molecule has 0 unspecified atom stereocenters. The van der Waals surface area contributed by atoms with E-state index in [9.17, 15) is 9.90 Å². The van der Waals surface area contributed by atoms with E-state index in [1.54, 1.807) is 12.1 Å². The fourth-order valence-electron chi connectivity index (χ4n) is 2.72. The van der Waals surface area contributed by atoms with Gasteiger partial charge in [0.05, 0.1) is 16.3 Å². The number of halogens is 1. The van der Waals surface area contributed by atoms with Crippen LogP contribution in [0.3, 0.4) is 0 Å². The molecule has 116 valence electrons. The molecule has 3 nitrogen and oxygen atoms in total. The van der Waals surface area contributed by atoms with Gasteiger partial charge in [0.2, 0.25) is 0 Å². The first-order valence-corrected chi connectivity index (χ1v) is 7.84. The molecule has 0 saturated heterocycles. The van der Waals surface area contributed by atoms with Gasteiger partial charge in [0.1, 0.15) is 5.76 Å². The molecule has 1 N–H and O–H groups in total.